The number of benzene rings is 3. The van der Waals surface area contributed by atoms with E-state index in [1.807, 2.05) is 36.4 Å². The molecule has 0 spiro atoms. The molecule has 0 atom stereocenters. The molecule has 2 heterocycles. The van der Waals surface area contributed by atoms with E-state index in [1.54, 1.807) is 0 Å². The Kier molecular flexibility index (Phi) is 7.17. The van der Waals surface area contributed by atoms with Crippen molar-refractivity contribution in [1.82, 2.24) is 15.2 Å². The summed E-state index contributed by atoms with van der Waals surface area (Å²) >= 11 is 0. The Balaban J connectivity index is 0.000000174. The van der Waals surface area contributed by atoms with E-state index in [0.29, 0.717) is 5.82 Å². The fraction of sp³-hybridized carbons (Fsp3) is 0.0870. The van der Waals surface area contributed by atoms with Crippen molar-refractivity contribution < 1.29 is 20.1 Å². The third-order valence-corrected chi connectivity index (χ3v) is 4.33. The molecule has 1 aliphatic heterocycles. The van der Waals surface area contributed by atoms with E-state index in [-0.39, 0.29) is 20.1 Å². The maximum atomic E-state index is 3.93. The molecule has 6 heteroatoms. The molecule has 0 unspecified atom stereocenters. The summed E-state index contributed by atoms with van der Waals surface area (Å²) in [6.45, 7) is 2.99. The normalized spacial score (nSPS) is 11.9. The number of para-hydroxylation sites is 2. The average molecular weight is 558 g/mol. The molecule has 1 radical (unpaired) electrons. The minimum atomic E-state index is 0. The van der Waals surface area contributed by atoms with Crippen LogP contribution in [0.1, 0.15) is 5.56 Å². The zero-order valence-electron chi connectivity index (χ0n) is 15.9. The molecule has 0 N–H and O–H groups in total. The summed E-state index contributed by atoms with van der Waals surface area (Å²) in [4.78, 5) is 8.34. The summed E-state index contributed by atoms with van der Waals surface area (Å²) in [6.07, 6.45) is 1.43. The Morgan fingerprint density at radius 2 is 1.66 bits per heavy atom. The van der Waals surface area contributed by atoms with Gasteiger partial charge >= 0.3 is 0 Å². The smallest absolute Gasteiger partial charge is 0.0300 e. The first-order valence-corrected chi connectivity index (χ1v) is 8.98. The van der Waals surface area contributed by atoms with Gasteiger partial charge in [0.15, 0.2) is 0 Å². The molecular formula is C23H19IrN5-4. The molecule has 1 aliphatic rings. The standard InChI is InChI=1S/C15H14N2.C8H5N3.Ir/c1-16-12-17(11-13-7-3-2-4-8-13)15-10-6-5-9-14(15)16;1-2-4-7(5-3-1)8-9-6-10-11-8;/h2-7,9-10,12H,11H2,1H3;1-4,6H;/q2*-2;. The van der Waals surface area contributed by atoms with Crippen molar-refractivity contribution in [2.75, 3.05) is 16.8 Å². The van der Waals surface area contributed by atoms with Crippen LogP contribution in [0, 0.1) is 18.8 Å². The van der Waals surface area contributed by atoms with Crippen LogP contribution in [0.4, 0.5) is 11.4 Å². The van der Waals surface area contributed by atoms with Gasteiger partial charge in [-0.2, -0.15) is 42.6 Å². The topological polar surface area (TPSA) is 46.4 Å². The van der Waals surface area contributed by atoms with Crippen LogP contribution in [0.25, 0.3) is 11.4 Å². The molecule has 29 heavy (non-hydrogen) atoms. The van der Waals surface area contributed by atoms with E-state index in [1.165, 1.54) is 23.3 Å². The zero-order chi connectivity index (χ0) is 19.2. The number of hydrogen-bond acceptors (Lipinski definition) is 4. The predicted molar refractivity (Wildman–Crippen MR) is 110 cm³/mol. The van der Waals surface area contributed by atoms with Gasteiger partial charge in [-0.3, -0.25) is 5.10 Å². The van der Waals surface area contributed by atoms with Crippen LogP contribution in [-0.4, -0.2) is 17.1 Å². The SMILES string of the molecule is CN1[CH-]N(Cc2[c-]cccc2)c2ccccc21.[Ir].[c-]1ccccc1-c1ncn[n-]1. The molecule has 5 nitrogen and oxygen atoms in total. The summed E-state index contributed by atoms with van der Waals surface area (Å²) in [6, 6.07) is 30.4. The van der Waals surface area contributed by atoms with Crippen LogP contribution in [0.15, 0.2) is 79.1 Å². The summed E-state index contributed by atoms with van der Waals surface area (Å²) in [5.74, 6) is 0.630. The Hall–Kier alpha value is -2.95. The van der Waals surface area contributed by atoms with Gasteiger partial charge in [-0.1, -0.05) is 12.1 Å². The number of aromatic nitrogens is 3. The maximum Gasteiger partial charge on any atom is 0.0300 e. The van der Waals surface area contributed by atoms with Gasteiger partial charge in [0.1, 0.15) is 0 Å². The molecule has 0 saturated carbocycles. The molecule has 0 amide bonds. The van der Waals surface area contributed by atoms with E-state index >= 15 is 0 Å². The molecule has 4 aromatic rings. The molecule has 0 bridgehead atoms. The van der Waals surface area contributed by atoms with E-state index in [0.717, 1.165) is 12.1 Å². The summed E-state index contributed by atoms with van der Waals surface area (Å²) in [5, 5.41) is 7.41. The molecule has 0 saturated heterocycles. The first kappa shape index (κ1) is 20.8. The molecular weight excluding hydrogens is 539 g/mol. The van der Waals surface area contributed by atoms with Crippen molar-refractivity contribution >= 4 is 11.4 Å². The van der Waals surface area contributed by atoms with E-state index in [9.17, 15) is 0 Å². The second-order valence-electron chi connectivity index (χ2n) is 6.29. The number of nitrogens with zero attached hydrogens (tertiary/aromatic N) is 5. The van der Waals surface area contributed by atoms with Crippen molar-refractivity contribution in [2.45, 2.75) is 6.54 Å². The first-order valence-electron chi connectivity index (χ1n) is 8.98. The van der Waals surface area contributed by atoms with E-state index in [2.05, 4.69) is 87.2 Å². The summed E-state index contributed by atoms with van der Waals surface area (Å²) in [5.41, 5.74) is 4.59. The second kappa shape index (κ2) is 10.0. The van der Waals surface area contributed by atoms with Crippen molar-refractivity contribution in [3.8, 4) is 11.4 Å². The first-order chi connectivity index (χ1) is 13.8. The van der Waals surface area contributed by atoms with Crippen LogP contribution < -0.4 is 14.9 Å². The predicted octanol–water partition coefficient (Wildman–Crippen LogP) is 3.96. The van der Waals surface area contributed by atoms with Crippen molar-refractivity contribution in [1.29, 1.82) is 0 Å². The van der Waals surface area contributed by atoms with Crippen LogP contribution >= 0.6 is 0 Å². The van der Waals surface area contributed by atoms with Gasteiger partial charge in [-0.05, 0) is 25.7 Å². The number of fused-ring (bicyclic) bond motifs is 1. The minimum Gasteiger partial charge on any atom is -0.504 e. The largest absolute Gasteiger partial charge is 0.504 e. The molecule has 0 aliphatic carbocycles. The second-order valence-corrected chi connectivity index (χ2v) is 6.29. The molecule has 0 fully saturated rings. The van der Waals surface area contributed by atoms with Gasteiger partial charge in [0.2, 0.25) is 0 Å². The Morgan fingerprint density at radius 3 is 2.31 bits per heavy atom. The summed E-state index contributed by atoms with van der Waals surface area (Å²) in [7, 11) is 2.08. The average Bonchev–Trinajstić information content (AvgIpc) is 3.40. The van der Waals surface area contributed by atoms with Crippen molar-refractivity contribution in [3.05, 3.63) is 103 Å². The van der Waals surface area contributed by atoms with Gasteiger partial charge in [-0.25, -0.2) is 0 Å². The third kappa shape index (κ3) is 5.11. The molecule has 1 aromatic heterocycles. The fourth-order valence-corrected chi connectivity index (χ4v) is 3.02. The fourth-order valence-electron chi connectivity index (χ4n) is 3.02. The quantitative estimate of drug-likeness (QED) is 0.357. The Labute approximate surface area is 184 Å². The van der Waals surface area contributed by atoms with Gasteiger partial charge in [0.25, 0.3) is 0 Å². The van der Waals surface area contributed by atoms with E-state index in [4.69, 9.17) is 0 Å². The zero-order valence-corrected chi connectivity index (χ0v) is 18.3. The van der Waals surface area contributed by atoms with Gasteiger partial charge in [0.05, 0.1) is 0 Å². The molecule has 3 aromatic carbocycles. The Bertz CT molecular complexity index is 990. The van der Waals surface area contributed by atoms with Crippen molar-refractivity contribution in [3.63, 3.8) is 0 Å². The number of anilines is 2. The summed E-state index contributed by atoms with van der Waals surface area (Å²) < 4.78 is 0. The molecule has 5 rings (SSSR count). The van der Waals surface area contributed by atoms with Crippen LogP contribution in [0.2, 0.25) is 0 Å². The number of hydrogen-bond donors (Lipinski definition) is 0. The minimum absolute atomic E-state index is 0. The maximum absolute atomic E-state index is 3.93. The van der Waals surface area contributed by atoms with Crippen molar-refractivity contribution in [2.24, 2.45) is 0 Å². The molecule has 149 valence electrons. The third-order valence-electron chi connectivity index (χ3n) is 4.33. The van der Waals surface area contributed by atoms with Crippen LogP contribution in [0.3, 0.4) is 0 Å². The monoisotopic (exact) mass is 558 g/mol. The van der Waals surface area contributed by atoms with E-state index < -0.39 is 0 Å². The van der Waals surface area contributed by atoms with Gasteiger partial charge in [0, 0.05) is 37.8 Å². The number of rotatable bonds is 3. The van der Waals surface area contributed by atoms with Gasteiger partial charge < -0.3 is 19.9 Å². The van der Waals surface area contributed by atoms with Crippen LogP contribution in [0.5, 0.6) is 0 Å². The van der Waals surface area contributed by atoms with Gasteiger partial charge in [-0.15, -0.1) is 41.7 Å². The Morgan fingerprint density at radius 1 is 0.931 bits per heavy atom. The van der Waals surface area contributed by atoms with Crippen LogP contribution in [-0.2, 0) is 26.7 Å².